The first-order chi connectivity index (χ1) is 6.97. The van der Waals surface area contributed by atoms with Gasteiger partial charge in [0.05, 0.1) is 12.2 Å². The van der Waals surface area contributed by atoms with Gasteiger partial charge in [0.15, 0.2) is 0 Å². The smallest absolute Gasteiger partial charge is 0.0586 e. The van der Waals surface area contributed by atoms with Crippen molar-refractivity contribution in [1.82, 2.24) is 0 Å². The molecule has 0 bridgehead atoms. The molecule has 100 valence electrons. The van der Waals surface area contributed by atoms with E-state index in [-0.39, 0.29) is 17.6 Å². The highest BCUT2D eigenvalue weighted by atomic mass is 16.3. The lowest BCUT2D eigenvalue weighted by molar-refractivity contribution is 0.0801. The third-order valence-electron chi connectivity index (χ3n) is 2.27. The minimum atomic E-state index is -0.157. The average molecular weight is 232 g/mol. The number of aliphatic hydroxyl groups is 2. The molecule has 0 saturated heterocycles. The highest BCUT2D eigenvalue weighted by Gasteiger charge is 2.12. The second-order valence-corrected chi connectivity index (χ2v) is 6.59. The first-order valence-corrected chi connectivity index (χ1v) is 6.33. The molecule has 0 aliphatic heterocycles. The van der Waals surface area contributed by atoms with Crippen molar-refractivity contribution < 1.29 is 10.2 Å². The second-order valence-electron chi connectivity index (χ2n) is 6.59. The zero-order valence-electron chi connectivity index (χ0n) is 12.4. The van der Waals surface area contributed by atoms with Gasteiger partial charge in [-0.05, 0) is 30.6 Å². The Balaban J connectivity index is 0. The Bertz CT molecular complexity index is 147. The van der Waals surface area contributed by atoms with E-state index >= 15 is 0 Å². The summed E-state index contributed by atoms with van der Waals surface area (Å²) < 4.78 is 0. The molecule has 1 atom stereocenters. The molecule has 0 aromatic carbocycles. The molecule has 0 saturated carbocycles. The van der Waals surface area contributed by atoms with Crippen molar-refractivity contribution in [2.24, 2.45) is 17.3 Å². The van der Waals surface area contributed by atoms with Crippen LogP contribution in [0.2, 0.25) is 0 Å². The lowest BCUT2D eigenvalue weighted by atomic mass is 9.90. The van der Waals surface area contributed by atoms with E-state index in [0.717, 1.165) is 6.42 Å². The molecule has 16 heavy (non-hydrogen) atoms. The Hall–Kier alpha value is -0.0800. The minimum Gasteiger partial charge on any atom is -0.393 e. The Morgan fingerprint density at radius 2 is 1.12 bits per heavy atom. The summed E-state index contributed by atoms with van der Waals surface area (Å²) in [5.41, 5.74) is 0.272. The van der Waals surface area contributed by atoms with Gasteiger partial charge in [-0.2, -0.15) is 0 Å². The van der Waals surface area contributed by atoms with Crippen LogP contribution < -0.4 is 0 Å². The Morgan fingerprint density at radius 3 is 1.12 bits per heavy atom. The van der Waals surface area contributed by atoms with Gasteiger partial charge in [-0.25, -0.2) is 0 Å². The van der Waals surface area contributed by atoms with Crippen LogP contribution in [0.5, 0.6) is 0 Å². The van der Waals surface area contributed by atoms with Gasteiger partial charge < -0.3 is 10.2 Å². The molecule has 0 amide bonds. The number of rotatable bonds is 3. The summed E-state index contributed by atoms with van der Waals surface area (Å²) in [6.45, 7) is 16.3. The van der Waals surface area contributed by atoms with E-state index in [1.165, 1.54) is 0 Å². The second kappa shape index (κ2) is 8.08. The van der Waals surface area contributed by atoms with E-state index in [4.69, 9.17) is 5.11 Å². The van der Waals surface area contributed by atoms with Crippen LogP contribution in [0, 0.1) is 17.3 Å². The van der Waals surface area contributed by atoms with E-state index in [2.05, 4.69) is 20.8 Å². The summed E-state index contributed by atoms with van der Waals surface area (Å²) in [4.78, 5) is 0. The molecule has 2 nitrogen and oxygen atoms in total. The standard InChI is InChI=1S/2C7H16O/c1-6(8)5-7(2,3)4;1-5(2)7(8)6(3)4/h6,8H,5H2,1-4H3;5-8H,1-4H3. The molecular formula is C14H32O2. The monoisotopic (exact) mass is 232 g/mol. The summed E-state index contributed by atoms with van der Waals surface area (Å²) in [6, 6.07) is 0. The van der Waals surface area contributed by atoms with Crippen molar-refractivity contribution in [3.8, 4) is 0 Å². The molecule has 0 aliphatic carbocycles. The quantitative estimate of drug-likeness (QED) is 0.782. The van der Waals surface area contributed by atoms with Crippen LogP contribution in [0.15, 0.2) is 0 Å². The molecule has 0 radical (unpaired) electrons. The van der Waals surface area contributed by atoms with Gasteiger partial charge in [-0.1, -0.05) is 48.5 Å². The van der Waals surface area contributed by atoms with Crippen molar-refractivity contribution in [2.75, 3.05) is 0 Å². The Morgan fingerprint density at radius 1 is 0.812 bits per heavy atom. The topological polar surface area (TPSA) is 40.5 Å². The Kier molecular flexibility index (Phi) is 9.23. The molecule has 0 spiro atoms. The highest BCUT2D eigenvalue weighted by Crippen LogP contribution is 2.19. The normalized spacial score (nSPS) is 14.1. The zero-order valence-corrected chi connectivity index (χ0v) is 12.4. The fourth-order valence-electron chi connectivity index (χ4n) is 1.66. The third-order valence-corrected chi connectivity index (χ3v) is 2.27. The van der Waals surface area contributed by atoms with Crippen molar-refractivity contribution in [1.29, 1.82) is 0 Å². The summed E-state index contributed by atoms with van der Waals surface area (Å²) in [6.07, 6.45) is 0.595. The third kappa shape index (κ3) is 13.9. The van der Waals surface area contributed by atoms with Crippen molar-refractivity contribution in [3.05, 3.63) is 0 Å². The number of aliphatic hydroxyl groups excluding tert-OH is 2. The average Bonchev–Trinajstić information content (AvgIpc) is 1.98. The molecule has 0 aromatic heterocycles. The largest absolute Gasteiger partial charge is 0.393 e. The van der Waals surface area contributed by atoms with Gasteiger partial charge in [-0.15, -0.1) is 0 Å². The SMILES string of the molecule is CC(C)C(O)C(C)C.CC(O)CC(C)(C)C. The highest BCUT2D eigenvalue weighted by molar-refractivity contribution is 4.64. The van der Waals surface area contributed by atoms with Gasteiger partial charge >= 0.3 is 0 Å². The van der Waals surface area contributed by atoms with E-state index in [1.54, 1.807) is 0 Å². The maximum absolute atomic E-state index is 9.20. The zero-order chi connectivity index (χ0) is 13.5. The van der Waals surface area contributed by atoms with Gasteiger partial charge in [0.25, 0.3) is 0 Å². The first-order valence-electron chi connectivity index (χ1n) is 6.33. The van der Waals surface area contributed by atoms with Crippen LogP contribution in [-0.2, 0) is 0 Å². The molecule has 0 rings (SSSR count). The molecule has 0 fully saturated rings. The lowest BCUT2D eigenvalue weighted by Gasteiger charge is -2.19. The lowest BCUT2D eigenvalue weighted by Crippen LogP contribution is -2.20. The van der Waals surface area contributed by atoms with E-state index in [0.29, 0.717) is 11.8 Å². The van der Waals surface area contributed by atoms with Crippen LogP contribution >= 0.6 is 0 Å². The summed E-state index contributed by atoms with van der Waals surface area (Å²) in [5.74, 6) is 0.796. The summed E-state index contributed by atoms with van der Waals surface area (Å²) in [5, 5.41) is 18.1. The van der Waals surface area contributed by atoms with Crippen LogP contribution in [0.4, 0.5) is 0 Å². The molecule has 0 aromatic rings. The minimum absolute atomic E-state index is 0.130. The van der Waals surface area contributed by atoms with Gasteiger partial charge in [0.1, 0.15) is 0 Å². The van der Waals surface area contributed by atoms with Crippen molar-refractivity contribution in [2.45, 2.75) is 74.0 Å². The molecule has 0 aliphatic rings. The maximum Gasteiger partial charge on any atom is 0.0586 e. The van der Waals surface area contributed by atoms with E-state index < -0.39 is 0 Å². The molecule has 0 heterocycles. The Labute approximate surface area is 102 Å². The van der Waals surface area contributed by atoms with Crippen LogP contribution in [-0.4, -0.2) is 22.4 Å². The number of hydrogen-bond acceptors (Lipinski definition) is 2. The van der Waals surface area contributed by atoms with Gasteiger partial charge in [0.2, 0.25) is 0 Å². The summed E-state index contributed by atoms with van der Waals surface area (Å²) >= 11 is 0. The van der Waals surface area contributed by atoms with Crippen LogP contribution in [0.25, 0.3) is 0 Å². The fraction of sp³-hybridized carbons (Fsp3) is 1.00. The van der Waals surface area contributed by atoms with Gasteiger partial charge in [-0.3, -0.25) is 0 Å². The first kappa shape index (κ1) is 18.3. The number of hydrogen-bond donors (Lipinski definition) is 2. The summed E-state index contributed by atoms with van der Waals surface area (Å²) in [7, 11) is 0. The van der Waals surface area contributed by atoms with Crippen molar-refractivity contribution >= 4 is 0 Å². The predicted molar refractivity (Wildman–Crippen MR) is 71.4 cm³/mol. The van der Waals surface area contributed by atoms with Crippen LogP contribution in [0.1, 0.15) is 61.8 Å². The van der Waals surface area contributed by atoms with E-state index in [1.807, 2.05) is 34.6 Å². The predicted octanol–water partition coefficient (Wildman–Crippen LogP) is 3.46. The fourth-order valence-corrected chi connectivity index (χ4v) is 1.66. The van der Waals surface area contributed by atoms with Crippen LogP contribution in [0.3, 0.4) is 0 Å². The maximum atomic E-state index is 9.20. The molecule has 2 heteroatoms. The van der Waals surface area contributed by atoms with Crippen molar-refractivity contribution in [3.63, 3.8) is 0 Å². The van der Waals surface area contributed by atoms with E-state index in [9.17, 15) is 5.11 Å². The molecular weight excluding hydrogens is 200 g/mol. The van der Waals surface area contributed by atoms with Gasteiger partial charge in [0, 0.05) is 0 Å². The molecule has 2 N–H and O–H groups in total. The molecule has 1 unspecified atom stereocenters.